The van der Waals surface area contributed by atoms with E-state index < -0.39 is 0 Å². The van der Waals surface area contributed by atoms with Crippen LogP contribution in [0.4, 0.5) is 5.69 Å². The van der Waals surface area contributed by atoms with Gasteiger partial charge >= 0.3 is 0 Å². The normalized spacial score (nSPS) is 10.7. The first kappa shape index (κ1) is 8.74. The highest BCUT2D eigenvalue weighted by Gasteiger charge is 2.16. The third kappa shape index (κ3) is 1.08. The fourth-order valence-corrected chi connectivity index (χ4v) is 1.62. The van der Waals surface area contributed by atoms with E-state index in [1.807, 2.05) is 0 Å². The smallest absolute Gasteiger partial charge is 0.273 e. The summed E-state index contributed by atoms with van der Waals surface area (Å²) in [6, 6.07) is 3.30. The molecule has 2 aromatic rings. The van der Waals surface area contributed by atoms with E-state index in [9.17, 15) is 10.1 Å². The number of benzene rings is 1. The molecule has 0 saturated heterocycles. The molecule has 0 amide bonds. The minimum Gasteiger partial charge on any atom is -0.464 e. The maximum Gasteiger partial charge on any atom is 0.273 e. The molecule has 2 rings (SSSR count). The lowest BCUT2D eigenvalue weighted by atomic mass is 10.1. The van der Waals surface area contributed by atoms with Gasteiger partial charge in [0.2, 0.25) is 0 Å². The van der Waals surface area contributed by atoms with Gasteiger partial charge in [-0.3, -0.25) is 10.1 Å². The van der Waals surface area contributed by atoms with Crippen LogP contribution in [0, 0.1) is 24.0 Å². The van der Waals surface area contributed by atoms with Gasteiger partial charge in [-0.05, 0) is 25.5 Å². The molecule has 0 aliphatic rings. The van der Waals surface area contributed by atoms with Crippen molar-refractivity contribution in [2.24, 2.45) is 0 Å². The molecule has 0 fully saturated rings. The fraction of sp³-hybridized carbons (Fsp3) is 0.200. The zero-order valence-electron chi connectivity index (χ0n) is 7.90. The molecule has 0 atom stereocenters. The molecule has 0 bridgehead atoms. The molecular formula is C10H9NO3. The zero-order valence-corrected chi connectivity index (χ0v) is 7.90. The summed E-state index contributed by atoms with van der Waals surface area (Å²) in [7, 11) is 0. The van der Waals surface area contributed by atoms with Crippen LogP contribution in [0.2, 0.25) is 0 Å². The van der Waals surface area contributed by atoms with Crippen LogP contribution in [-0.4, -0.2) is 4.92 Å². The molecule has 4 heteroatoms. The van der Waals surface area contributed by atoms with E-state index in [0.717, 1.165) is 16.5 Å². The van der Waals surface area contributed by atoms with Crippen molar-refractivity contribution in [1.82, 2.24) is 0 Å². The number of hydrogen-bond donors (Lipinski definition) is 0. The summed E-state index contributed by atoms with van der Waals surface area (Å²) < 4.78 is 5.24. The van der Waals surface area contributed by atoms with Gasteiger partial charge in [-0.1, -0.05) is 0 Å². The number of nitro groups is 1. The maximum atomic E-state index is 10.7. The number of hydrogen-bond acceptors (Lipinski definition) is 3. The lowest BCUT2D eigenvalue weighted by molar-refractivity contribution is -0.385. The van der Waals surface area contributed by atoms with Crippen molar-refractivity contribution in [1.29, 1.82) is 0 Å². The van der Waals surface area contributed by atoms with E-state index in [0.29, 0.717) is 5.56 Å². The number of rotatable bonds is 1. The molecule has 0 radical (unpaired) electrons. The Bertz CT molecular complexity index is 513. The van der Waals surface area contributed by atoms with Crippen LogP contribution in [0.5, 0.6) is 0 Å². The van der Waals surface area contributed by atoms with Gasteiger partial charge in [-0.15, -0.1) is 0 Å². The molecule has 0 aliphatic carbocycles. The molecule has 0 spiro atoms. The van der Waals surface area contributed by atoms with E-state index in [1.54, 1.807) is 32.2 Å². The van der Waals surface area contributed by atoms with Crippen molar-refractivity contribution in [3.8, 4) is 0 Å². The third-order valence-electron chi connectivity index (χ3n) is 2.36. The average molecular weight is 191 g/mol. The Morgan fingerprint density at radius 3 is 2.79 bits per heavy atom. The first-order valence-corrected chi connectivity index (χ1v) is 4.23. The van der Waals surface area contributed by atoms with Crippen LogP contribution >= 0.6 is 0 Å². The highest BCUT2D eigenvalue weighted by atomic mass is 16.6. The molecule has 0 unspecified atom stereocenters. The Labute approximate surface area is 80.3 Å². The molecule has 0 saturated carbocycles. The minimum absolute atomic E-state index is 0.149. The molecule has 4 nitrogen and oxygen atoms in total. The van der Waals surface area contributed by atoms with Crippen LogP contribution in [0.3, 0.4) is 0 Å². The molecular weight excluding hydrogens is 182 g/mol. The van der Waals surface area contributed by atoms with Crippen molar-refractivity contribution >= 4 is 16.7 Å². The molecule has 0 N–H and O–H groups in total. The summed E-state index contributed by atoms with van der Waals surface area (Å²) in [6.45, 7) is 3.54. The predicted molar refractivity (Wildman–Crippen MR) is 52.3 cm³/mol. The Kier molecular flexibility index (Phi) is 1.77. The monoisotopic (exact) mass is 191 g/mol. The van der Waals surface area contributed by atoms with Gasteiger partial charge < -0.3 is 4.42 Å². The van der Waals surface area contributed by atoms with Gasteiger partial charge in [0, 0.05) is 17.0 Å². The second kappa shape index (κ2) is 2.83. The minimum atomic E-state index is -0.366. The van der Waals surface area contributed by atoms with Crippen LogP contribution in [0.1, 0.15) is 11.1 Å². The zero-order chi connectivity index (χ0) is 10.3. The standard InChI is InChI=1S/C10H9NO3/c1-6-5-9(11(12)13)7(2)8-3-4-14-10(6)8/h3-5H,1-2H3. The Hall–Kier alpha value is -1.84. The summed E-state index contributed by atoms with van der Waals surface area (Å²) >= 11 is 0. The van der Waals surface area contributed by atoms with Crippen molar-refractivity contribution < 1.29 is 9.34 Å². The van der Waals surface area contributed by atoms with Crippen LogP contribution in [0.15, 0.2) is 22.8 Å². The van der Waals surface area contributed by atoms with Gasteiger partial charge in [0.1, 0.15) is 5.58 Å². The molecule has 1 aromatic heterocycles. The number of nitrogens with zero attached hydrogens (tertiary/aromatic N) is 1. The first-order chi connectivity index (χ1) is 6.61. The van der Waals surface area contributed by atoms with Crippen molar-refractivity contribution in [2.45, 2.75) is 13.8 Å². The van der Waals surface area contributed by atoms with Crippen molar-refractivity contribution in [3.63, 3.8) is 0 Å². The highest BCUT2D eigenvalue weighted by molar-refractivity contribution is 5.87. The van der Waals surface area contributed by atoms with Gasteiger partial charge in [-0.25, -0.2) is 0 Å². The largest absolute Gasteiger partial charge is 0.464 e. The Morgan fingerprint density at radius 2 is 2.14 bits per heavy atom. The molecule has 1 heterocycles. The first-order valence-electron chi connectivity index (χ1n) is 4.23. The van der Waals surface area contributed by atoms with Crippen LogP contribution in [0.25, 0.3) is 11.0 Å². The van der Waals surface area contributed by atoms with Gasteiger partial charge in [0.05, 0.1) is 11.2 Å². The molecule has 72 valence electrons. The van der Waals surface area contributed by atoms with E-state index in [1.165, 1.54) is 0 Å². The lowest BCUT2D eigenvalue weighted by Crippen LogP contribution is -1.92. The van der Waals surface area contributed by atoms with E-state index >= 15 is 0 Å². The molecule has 0 aliphatic heterocycles. The van der Waals surface area contributed by atoms with Crippen LogP contribution < -0.4 is 0 Å². The summed E-state index contributed by atoms with van der Waals surface area (Å²) in [4.78, 5) is 10.3. The summed E-state index contributed by atoms with van der Waals surface area (Å²) in [6.07, 6.45) is 1.55. The SMILES string of the molecule is Cc1c([N+](=O)[O-])cc(C)c2occc12. The summed E-state index contributed by atoms with van der Waals surface area (Å²) in [5.41, 5.74) is 2.33. The molecule has 1 aromatic carbocycles. The van der Waals surface area contributed by atoms with E-state index in [2.05, 4.69) is 0 Å². The topological polar surface area (TPSA) is 56.3 Å². The number of furan rings is 1. The number of fused-ring (bicyclic) bond motifs is 1. The van der Waals surface area contributed by atoms with E-state index in [4.69, 9.17) is 4.42 Å². The molecule has 14 heavy (non-hydrogen) atoms. The quantitative estimate of drug-likeness (QED) is 0.514. The van der Waals surface area contributed by atoms with E-state index in [-0.39, 0.29) is 10.6 Å². The Morgan fingerprint density at radius 1 is 1.43 bits per heavy atom. The second-order valence-corrected chi connectivity index (χ2v) is 3.26. The van der Waals surface area contributed by atoms with Crippen molar-refractivity contribution in [2.75, 3.05) is 0 Å². The fourth-order valence-electron chi connectivity index (χ4n) is 1.62. The number of nitro benzene ring substituents is 1. The average Bonchev–Trinajstić information content (AvgIpc) is 2.59. The predicted octanol–water partition coefficient (Wildman–Crippen LogP) is 2.96. The highest BCUT2D eigenvalue weighted by Crippen LogP contribution is 2.30. The second-order valence-electron chi connectivity index (χ2n) is 3.26. The van der Waals surface area contributed by atoms with Gasteiger partial charge in [0.25, 0.3) is 5.69 Å². The van der Waals surface area contributed by atoms with Crippen molar-refractivity contribution in [3.05, 3.63) is 39.6 Å². The maximum absolute atomic E-state index is 10.7. The summed E-state index contributed by atoms with van der Waals surface area (Å²) in [5.74, 6) is 0. The van der Waals surface area contributed by atoms with Crippen LogP contribution in [-0.2, 0) is 0 Å². The number of aryl methyl sites for hydroxylation is 2. The lowest BCUT2D eigenvalue weighted by Gasteiger charge is -2.00. The third-order valence-corrected chi connectivity index (χ3v) is 2.36. The van der Waals surface area contributed by atoms with Gasteiger partial charge in [-0.2, -0.15) is 0 Å². The van der Waals surface area contributed by atoms with Gasteiger partial charge in [0.15, 0.2) is 0 Å². The summed E-state index contributed by atoms with van der Waals surface area (Å²) in [5, 5.41) is 11.5. The Balaban J connectivity index is 2.88.